The first-order chi connectivity index (χ1) is 7.20. The minimum atomic E-state index is -0.323. The molecule has 0 amide bonds. The van der Waals surface area contributed by atoms with Gasteiger partial charge in [0.1, 0.15) is 12.4 Å². The standard InChI is InChI=1S/C12H20O3/c1-3-5-6-7-9(4-2)11-10(13)8-15-12(11)14/h9,13H,3-8H2,1-2H3. The topological polar surface area (TPSA) is 46.5 Å². The normalized spacial score (nSPS) is 18.1. The van der Waals surface area contributed by atoms with E-state index in [0.29, 0.717) is 5.57 Å². The van der Waals surface area contributed by atoms with E-state index in [1.54, 1.807) is 0 Å². The zero-order chi connectivity index (χ0) is 11.3. The van der Waals surface area contributed by atoms with Gasteiger partial charge in [0.25, 0.3) is 0 Å². The summed E-state index contributed by atoms with van der Waals surface area (Å²) in [5, 5.41) is 9.55. The highest BCUT2D eigenvalue weighted by Crippen LogP contribution is 2.28. The number of ether oxygens (including phenoxy) is 1. The molecule has 3 nitrogen and oxygen atoms in total. The number of aliphatic hydroxyl groups is 1. The molecule has 0 radical (unpaired) electrons. The maximum atomic E-state index is 11.4. The van der Waals surface area contributed by atoms with Gasteiger partial charge in [-0.1, -0.05) is 33.1 Å². The van der Waals surface area contributed by atoms with Crippen LogP contribution in [-0.4, -0.2) is 17.7 Å². The van der Waals surface area contributed by atoms with E-state index in [0.717, 1.165) is 19.3 Å². The Kier molecular flexibility index (Phi) is 4.66. The van der Waals surface area contributed by atoms with Crippen molar-refractivity contribution in [3.8, 4) is 0 Å². The molecule has 0 aromatic heterocycles. The summed E-state index contributed by atoms with van der Waals surface area (Å²) in [6.07, 6.45) is 5.32. The maximum Gasteiger partial charge on any atom is 0.338 e. The molecule has 1 aliphatic heterocycles. The maximum absolute atomic E-state index is 11.4. The fraction of sp³-hybridized carbons (Fsp3) is 0.750. The minimum Gasteiger partial charge on any atom is -0.508 e. The number of hydrogen-bond acceptors (Lipinski definition) is 3. The average molecular weight is 212 g/mol. The lowest BCUT2D eigenvalue weighted by Gasteiger charge is -2.13. The quantitative estimate of drug-likeness (QED) is 0.544. The molecule has 1 unspecified atom stereocenters. The zero-order valence-corrected chi connectivity index (χ0v) is 9.58. The summed E-state index contributed by atoms with van der Waals surface area (Å²) in [5.41, 5.74) is 0.522. The van der Waals surface area contributed by atoms with Crippen LogP contribution < -0.4 is 0 Å². The van der Waals surface area contributed by atoms with Gasteiger partial charge >= 0.3 is 5.97 Å². The molecule has 0 saturated carbocycles. The number of carbonyl (C=O) groups excluding carboxylic acids is 1. The van der Waals surface area contributed by atoms with Gasteiger partial charge in [-0.3, -0.25) is 0 Å². The zero-order valence-electron chi connectivity index (χ0n) is 9.58. The molecule has 86 valence electrons. The van der Waals surface area contributed by atoms with Crippen molar-refractivity contribution < 1.29 is 14.6 Å². The van der Waals surface area contributed by atoms with Crippen LogP contribution in [-0.2, 0) is 9.53 Å². The van der Waals surface area contributed by atoms with E-state index in [1.807, 2.05) is 6.92 Å². The molecule has 0 spiro atoms. The molecular formula is C12H20O3. The van der Waals surface area contributed by atoms with Crippen LogP contribution in [0.5, 0.6) is 0 Å². The molecule has 1 atom stereocenters. The first kappa shape index (κ1) is 12.1. The molecule has 3 heteroatoms. The highest BCUT2D eigenvalue weighted by Gasteiger charge is 2.30. The molecule has 1 aliphatic rings. The predicted molar refractivity (Wildman–Crippen MR) is 58.5 cm³/mol. The van der Waals surface area contributed by atoms with Crippen LogP contribution in [0.1, 0.15) is 46.0 Å². The van der Waals surface area contributed by atoms with Gasteiger partial charge in [-0.2, -0.15) is 0 Å². The molecular weight excluding hydrogens is 192 g/mol. The number of carbonyl (C=O) groups is 1. The van der Waals surface area contributed by atoms with Crippen LogP contribution in [0.4, 0.5) is 0 Å². The van der Waals surface area contributed by atoms with Gasteiger partial charge in [-0.05, 0) is 18.8 Å². The Morgan fingerprint density at radius 1 is 1.40 bits per heavy atom. The third-order valence-electron chi connectivity index (χ3n) is 2.93. The van der Waals surface area contributed by atoms with Crippen LogP contribution in [0.25, 0.3) is 0 Å². The third kappa shape index (κ3) is 2.98. The fourth-order valence-electron chi connectivity index (χ4n) is 2.00. The second-order valence-electron chi connectivity index (χ2n) is 4.04. The second kappa shape index (κ2) is 5.79. The molecule has 0 bridgehead atoms. The summed E-state index contributed by atoms with van der Waals surface area (Å²) in [5.74, 6) is -0.00857. The van der Waals surface area contributed by atoms with Crippen molar-refractivity contribution in [2.75, 3.05) is 6.61 Å². The number of esters is 1. The van der Waals surface area contributed by atoms with Crippen molar-refractivity contribution in [2.45, 2.75) is 46.0 Å². The Morgan fingerprint density at radius 3 is 2.60 bits per heavy atom. The highest BCUT2D eigenvalue weighted by atomic mass is 16.5. The summed E-state index contributed by atoms with van der Waals surface area (Å²) in [6, 6.07) is 0. The lowest BCUT2D eigenvalue weighted by Crippen LogP contribution is -2.11. The van der Waals surface area contributed by atoms with Crippen LogP contribution in [0.2, 0.25) is 0 Å². The van der Waals surface area contributed by atoms with Gasteiger partial charge in [-0.15, -0.1) is 0 Å². The third-order valence-corrected chi connectivity index (χ3v) is 2.93. The SMILES string of the molecule is CCCCCC(CC)C1=C(O)COC1=O. The molecule has 0 aromatic carbocycles. The first-order valence-electron chi connectivity index (χ1n) is 5.79. The lowest BCUT2D eigenvalue weighted by atomic mass is 9.90. The summed E-state index contributed by atoms with van der Waals surface area (Å²) >= 11 is 0. The van der Waals surface area contributed by atoms with E-state index in [9.17, 15) is 9.90 Å². The number of unbranched alkanes of at least 4 members (excludes halogenated alkanes) is 2. The van der Waals surface area contributed by atoms with Crippen molar-refractivity contribution in [3.05, 3.63) is 11.3 Å². The van der Waals surface area contributed by atoms with Gasteiger partial charge < -0.3 is 9.84 Å². The van der Waals surface area contributed by atoms with E-state index in [2.05, 4.69) is 6.92 Å². The Bertz CT molecular complexity index is 256. The number of rotatable bonds is 6. The lowest BCUT2D eigenvalue weighted by molar-refractivity contribution is -0.136. The van der Waals surface area contributed by atoms with Crippen LogP contribution >= 0.6 is 0 Å². The van der Waals surface area contributed by atoms with Crippen molar-refractivity contribution in [1.29, 1.82) is 0 Å². The summed E-state index contributed by atoms with van der Waals surface area (Å²) in [6.45, 7) is 4.27. The number of cyclic esters (lactones) is 1. The summed E-state index contributed by atoms with van der Waals surface area (Å²) in [7, 11) is 0. The average Bonchev–Trinajstić information content (AvgIpc) is 2.55. The van der Waals surface area contributed by atoms with Crippen LogP contribution in [0, 0.1) is 5.92 Å². The van der Waals surface area contributed by atoms with Crippen molar-refractivity contribution in [1.82, 2.24) is 0 Å². The van der Waals surface area contributed by atoms with Gasteiger partial charge in [0.15, 0.2) is 0 Å². The monoisotopic (exact) mass is 212 g/mol. The van der Waals surface area contributed by atoms with E-state index in [-0.39, 0.29) is 24.3 Å². The Balaban J connectivity index is 2.57. The van der Waals surface area contributed by atoms with Gasteiger partial charge in [-0.25, -0.2) is 4.79 Å². The molecule has 0 saturated heterocycles. The number of hydrogen-bond donors (Lipinski definition) is 1. The molecule has 15 heavy (non-hydrogen) atoms. The molecule has 1 rings (SSSR count). The van der Waals surface area contributed by atoms with Gasteiger partial charge in [0.05, 0.1) is 5.57 Å². The van der Waals surface area contributed by atoms with Crippen LogP contribution in [0.3, 0.4) is 0 Å². The van der Waals surface area contributed by atoms with Crippen molar-refractivity contribution in [3.63, 3.8) is 0 Å². The minimum absolute atomic E-state index is 0.0679. The van der Waals surface area contributed by atoms with Gasteiger partial charge in [0.2, 0.25) is 0 Å². The molecule has 1 heterocycles. The van der Waals surface area contributed by atoms with E-state index in [4.69, 9.17) is 4.74 Å². The van der Waals surface area contributed by atoms with E-state index >= 15 is 0 Å². The fourth-order valence-corrected chi connectivity index (χ4v) is 2.00. The second-order valence-corrected chi connectivity index (χ2v) is 4.04. The smallest absolute Gasteiger partial charge is 0.338 e. The molecule has 0 aromatic rings. The van der Waals surface area contributed by atoms with Gasteiger partial charge in [0, 0.05) is 0 Å². The Labute approximate surface area is 91.1 Å². The van der Waals surface area contributed by atoms with Crippen LogP contribution in [0.15, 0.2) is 11.3 Å². The highest BCUT2D eigenvalue weighted by molar-refractivity contribution is 5.91. The molecule has 0 aliphatic carbocycles. The Morgan fingerprint density at radius 2 is 2.13 bits per heavy atom. The van der Waals surface area contributed by atoms with E-state index < -0.39 is 0 Å². The largest absolute Gasteiger partial charge is 0.508 e. The van der Waals surface area contributed by atoms with E-state index in [1.165, 1.54) is 12.8 Å². The summed E-state index contributed by atoms with van der Waals surface area (Å²) < 4.78 is 4.80. The molecule has 1 N–H and O–H groups in total. The summed E-state index contributed by atoms with van der Waals surface area (Å²) in [4.78, 5) is 11.4. The van der Waals surface area contributed by atoms with Crippen molar-refractivity contribution in [2.24, 2.45) is 5.92 Å². The van der Waals surface area contributed by atoms with Crippen molar-refractivity contribution >= 4 is 5.97 Å². The molecule has 0 fully saturated rings. The Hall–Kier alpha value is -0.990. The number of aliphatic hydroxyl groups excluding tert-OH is 1. The first-order valence-corrected chi connectivity index (χ1v) is 5.79. The predicted octanol–water partition coefficient (Wildman–Crippen LogP) is 2.96.